The fourth-order valence-corrected chi connectivity index (χ4v) is 1.59. The molecule has 0 aromatic carbocycles. The van der Waals surface area contributed by atoms with Crippen molar-refractivity contribution in [2.24, 2.45) is 0 Å². The Balaban J connectivity index is 1.92. The van der Waals surface area contributed by atoms with Gasteiger partial charge in [-0.1, -0.05) is 5.21 Å². The van der Waals surface area contributed by atoms with E-state index in [0.29, 0.717) is 5.82 Å². The molecule has 17 heavy (non-hydrogen) atoms. The number of anilines is 1. The molecule has 3 aromatic rings. The van der Waals surface area contributed by atoms with E-state index in [0.717, 1.165) is 11.3 Å². The molecule has 0 bridgehead atoms. The number of fused-ring (bicyclic) bond motifs is 1. The number of rotatable bonds is 3. The molecule has 0 amide bonds. The van der Waals surface area contributed by atoms with Crippen LogP contribution in [0.3, 0.4) is 0 Å². The molecule has 0 saturated carbocycles. The van der Waals surface area contributed by atoms with Crippen molar-refractivity contribution < 1.29 is 0 Å². The Morgan fingerprint density at radius 2 is 2.35 bits per heavy atom. The first-order valence-electron chi connectivity index (χ1n) is 5.13. The lowest BCUT2D eigenvalue weighted by Crippen LogP contribution is -2.10. The topological polar surface area (TPSA) is 96.7 Å². The smallest absolute Gasteiger partial charge is 0.196 e. The van der Waals surface area contributed by atoms with Crippen molar-refractivity contribution in [1.82, 2.24) is 35.2 Å². The Kier molecular flexibility index (Phi) is 2.18. The minimum Gasteiger partial charge on any atom is -0.358 e. The molecule has 0 radical (unpaired) electrons. The predicted molar refractivity (Wildman–Crippen MR) is 59.2 cm³/mol. The van der Waals surface area contributed by atoms with Crippen LogP contribution in [0.15, 0.2) is 24.7 Å². The lowest BCUT2D eigenvalue weighted by atomic mass is 10.3. The van der Waals surface area contributed by atoms with Gasteiger partial charge < -0.3 is 5.32 Å². The minimum atomic E-state index is -0.0812. The number of tetrazole rings is 1. The van der Waals surface area contributed by atoms with Gasteiger partial charge in [-0.05, 0) is 13.0 Å². The number of hydrogen-bond donors (Lipinski definition) is 2. The molecular formula is C9H10N8. The number of aromatic nitrogens is 7. The quantitative estimate of drug-likeness (QED) is 0.676. The normalized spacial score (nSPS) is 12.8. The van der Waals surface area contributed by atoms with Gasteiger partial charge in [0.1, 0.15) is 5.52 Å². The van der Waals surface area contributed by atoms with E-state index in [4.69, 9.17) is 0 Å². The number of H-pyrrole nitrogens is 1. The number of aromatic amines is 1. The van der Waals surface area contributed by atoms with Crippen molar-refractivity contribution in [2.75, 3.05) is 5.32 Å². The number of nitrogens with one attached hydrogen (secondary N) is 2. The lowest BCUT2D eigenvalue weighted by Gasteiger charge is -2.11. The van der Waals surface area contributed by atoms with Crippen molar-refractivity contribution in [1.29, 1.82) is 0 Å². The second-order valence-corrected chi connectivity index (χ2v) is 3.57. The third-order valence-corrected chi connectivity index (χ3v) is 2.43. The van der Waals surface area contributed by atoms with E-state index in [1.807, 2.05) is 13.0 Å². The summed E-state index contributed by atoms with van der Waals surface area (Å²) in [5.74, 6) is 1.33. The van der Waals surface area contributed by atoms with Gasteiger partial charge in [0.15, 0.2) is 11.6 Å². The fraction of sp³-hybridized carbons (Fsp3) is 0.222. The maximum absolute atomic E-state index is 4.27. The van der Waals surface area contributed by atoms with Crippen LogP contribution in [0.25, 0.3) is 5.52 Å². The highest BCUT2D eigenvalue weighted by Gasteiger charge is 2.12. The van der Waals surface area contributed by atoms with Crippen molar-refractivity contribution in [3.8, 4) is 0 Å². The van der Waals surface area contributed by atoms with E-state index >= 15 is 0 Å². The summed E-state index contributed by atoms with van der Waals surface area (Å²) >= 11 is 0. The summed E-state index contributed by atoms with van der Waals surface area (Å²) < 4.78 is 1.75. The van der Waals surface area contributed by atoms with Crippen LogP contribution in [0.5, 0.6) is 0 Å². The molecule has 0 aliphatic heterocycles. The molecule has 2 N–H and O–H groups in total. The Hall–Kier alpha value is -2.51. The van der Waals surface area contributed by atoms with Gasteiger partial charge in [0.25, 0.3) is 0 Å². The number of hydrogen-bond acceptors (Lipinski definition) is 6. The second kappa shape index (κ2) is 3.81. The monoisotopic (exact) mass is 230 g/mol. The highest BCUT2D eigenvalue weighted by molar-refractivity contribution is 5.67. The summed E-state index contributed by atoms with van der Waals surface area (Å²) in [6.07, 6.45) is 5.20. The second-order valence-electron chi connectivity index (χ2n) is 3.57. The van der Waals surface area contributed by atoms with E-state index in [1.54, 1.807) is 23.1 Å². The van der Waals surface area contributed by atoms with Crippen LogP contribution in [0, 0.1) is 0 Å². The van der Waals surface area contributed by atoms with Crippen molar-refractivity contribution >= 4 is 11.3 Å². The maximum Gasteiger partial charge on any atom is 0.196 e. The average Bonchev–Trinajstić information content (AvgIpc) is 3.00. The summed E-state index contributed by atoms with van der Waals surface area (Å²) in [6, 6.07) is 1.81. The minimum absolute atomic E-state index is 0.0812. The SMILES string of the molecule is CC(Nc1nccn2nccc12)c1nn[nH]n1. The van der Waals surface area contributed by atoms with Crippen molar-refractivity contribution in [2.45, 2.75) is 13.0 Å². The summed E-state index contributed by atoms with van der Waals surface area (Å²) in [5, 5.41) is 21.1. The highest BCUT2D eigenvalue weighted by Crippen LogP contribution is 2.17. The average molecular weight is 230 g/mol. The van der Waals surface area contributed by atoms with E-state index in [2.05, 4.69) is 36.0 Å². The Morgan fingerprint density at radius 1 is 1.41 bits per heavy atom. The van der Waals surface area contributed by atoms with Gasteiger partial charge in [-0.25, -0.2) is 9.50 Å². The van der Waals surface area contributed by atoms with Crippen molar-refractivity contribution in [3.63, 3.8) is 0 Å². The van der Waals surface area contributed by atoms with E-state index in [1.165, 1.54) is 0 Å². The van der Waals surface area contributed by atoms with Crippen LogP contribution < -0.4 is 5.32 Å². The van der Waals surface area contributed by atoms with Gasteiger partial charge in [-0.2, -0.15) is 10.3 Å². The molecule has 0 saturated heterocycles. The first kappa shape index (κ1) is 9.70. The molecule has 8 heteroatoms. The molecule has 0 aliphatic rings. The van der Waals surface area contributed by atoms with E-state index in [-0.39, 0.29) is 6.04 Å². The summed E-state index contributed by atoms with van der Waals surface area (Å²) in [6.45, 7) is 1.94. The van der Waals surface area contributed by atoms with E-state index in [9.17, 15) is 0 Å². The zero-order valence-electron chi connectivity index (χ0n) is 9.07. The van der Waals surface area contributed by atoms with Gasteiger partial charge >= 0.3 is 0 Å². The molecule has 0 spiro atoms. The van der Waals surface area contributed by atoms with E-state index < -0.39 is 0 Å². The predicted octanol–water partition coefficient (Wildman–Crippen LogP) is 0.415. The van der Waals surface area contributed by atoms with Crippen LogP contribution in [0.2, 0.25) is 0 Å². The molecule has 3 rings (SSSR count). The fourth-order valence-electron chi connectivity index (χ4n) is 1.59. The number of nitrogens with zero attached hydrogens (tertiary/aromatic N) is 6. The van der Waals surface area contributed by atoms with Crippen LogP contribution in [-0.4, -0.2) is 35.2 Å². The molecule has 1 atom stereocenters. The zero-order valence-corrected chi connectivity index (χ0v) is 9.07. The highest BCUT2D eigenvalue weighted by atomic mass is 15.5. The molecule has 1 unspecified atom stereocenters. The van der Waals surface area contributed by atoms with Gasteiger partial charge in [0.05, 0.1) is 12.2 Å². The third kappa shape index (κ3) is 1.69. The van der Waals surface area contributed by atoms with Crippen molar-refractivity contribution in [3.05, 3.63) is 30.5 Å². The molecule has 3 heterocycles. The van der Waals surface area contributed by atoms with Gasteiger partial charge in [0.2, 0.25) is 0 Å². The maximum atomic E-state index is 4.27. The van der Waals surface area contributed by atoms with Gasteiger partial charge in [0, 0.05) is 12.4 Å². The molecule has 86 valence electrons. The Morgan fingerprint density at radius 3 is 3.18 bits per heavy atom. The molecule has 0 aliphatic carbocycles. The summed E-state index contributed by atoms with van der Waals surface area (Å²) in [5.41, 5.74) is 0.905. The van der Waals surface area contributed by atoms with Crippen LogP contribution in [0.4, 0.5) is 5.82 Å². The largest absolute Gasteiger partial charge is 0.358 e. The zero-order chi connectivity index (χ0) is 11.7. The molecule has 8 nitrogen and oxygen atoms in total. The first-order chi connectivity index (χ1) is 8.34. The Bertz CT molecular complexity index is 613. The molecule has 0 fully saturated rings. The van der Waals surface area contributed by atoms with Crippen LogP contribution in [0.1, 0.15) is 18.8 Å². The molecular weight excluding hydrogens is 220 g/mol. The molecule has 3 aromatic heterocycles. The summed E-state index contributed by atoms with van der Waals surface area (Å²) in [7, 11) is 0. The summed E-state index contributed by atoms with van der Waals surface area (Å²) in [4.78, 5) is 4.27. The lowest BCUT2D eigenvalue weighted by molar-refractivity contribution is 0.786. The van der Waals surface area contributed by atoms with Gasteiger partial charge in [-0.3, -0.25) is 0 Å². The van der Waals surface area contributed by atoms with Crippen LogP contribution in [-0.2, 0) is 0 Å². The van der Waals surface area contributed by atoms with Gasteiger partial charge in [-0.15, -0.1) is 10.2 Å². The third-order valence-electron chi connectivity index (χ3n) is 2.43. The van der Waals surface area contributed by atoms with Crippen LogP contribution >= 0.6 is 0 Å². The Labute approximate surface area is 96.1 Å². The first-order valence-corrected chi connectivity index (χ1v) is 5.13. The standard InChI is InChI=1S/C9H10N8/c1-6(8-13-15-16-14-8)12-9-7-2-3-11-17(7)5-4-10-9/h2-6H,1H3,(H,10,12)(H,13,14,15,16).